The van der Waals surface area contributed by atoms with Crippen LogP contribution in [0.1, 0.15) is 30.6 Å². The Morgan fingerprint density at radius 3 is 2.96 bits per heavy atom. The van der Waals surface area contributed by atoms with Crippen molar-refractivity contribution in [3.63, 3.8) is 0 Å². The lowest BCUT2D eigenvalue weighted by molar-refractivity contribution is 0.206. The number of likely N-dealkylation sites (N-methyl/N-ethyl adjacent to an activating group) is 1. The Balaban J connectivity index is 1.44. The number of rotatable bonds is 7. The number of hydrogen-bond donors (Lipinski definition) is 0. The maximum absolute atomic E-state index is 5.72. The fraction of sp³-hybridized carbons (Fsp3) is 0.647. The second-order valence-electron chi connectivity index (χ2n) is 6.50. The lowest BCUT2D eigenvalue weighted by Crippen LogP contribution is -2.34. The van der Waals surface area contributed by atoms with Gasteiger partial charge in [0.2, 0.25) is 5.89 Å². The first kappa shape index (κ1) is 16.2. The van der Waals surface area contributed by atoms with Gasteiger partial charge < -0.3 is 9.32 Å². The van der Waals surface area contributed by atoms with E-state index in [1.165, 1.54) is 18.5 Å². The van der Waals surface area contributed by atoms with Crippen LogP contribution in [0.4, 0.5) is 0 Å². The number of hydrogen-bond acceptors (Lipinski definition) is 5. The first-order chi connectivity index (χ1) is 11.1. The summed E-state index contributed by atoms with van der Waals surface area (Å²) < 4.78 is 7.59. The summed E-state index contributed by atoms with van der Waals surface area (Å²) in [7, 11) is 4.14. The van der Waals surface area contributed by atoms with Crippen LogP contribution < -0.4 is 0 Å². The summed E-state index contributed by atoms with van der Waals surface area (Å²) in [6, 6.07) is 0.584. The van der Waals surface area contributed by atoms with E-state index in [4.69, 9.17) is 4.42 Å². The molecule has 1 fully saturated rings. The number of aromatic nitrogens is 3. The molecule has 0 saturated carbocycles. The lowest BCUT2D eigenvalue weighted by Gasteiger charge is -2.23. The number of likely N-dealkylation sites (tertiary alicyclic amines) is 1. The molecule has 126 valence electrons. The Morgan fingerprint density at radius 1 is 1.39 bits per heavy atom. The van der Waals surface area contributed by atoms with Crippen molar-refractivity contribution in [1.82, 2.24) is 24.6 Å². The molecule has 0 aliphatic carbocycles. The molecule has 1 aliphatic heterocycles. The van der Waals surface area contributed by atoms with E-state index >= 15 is 0 Å². The van der Waals surface area contributed by atoms with Crippen LogP contribution in [0.2, 0.25) is 0 Å². The Labute approximate surface area is 138 Å². The van der Waals surface area contributed by atoms with E-state index < -0.39 is 0 Å². The van der Waals surface area contributed by atoms with Crippen molar-refractivity contribution >= 4 is 0 Å². The second-order valence-corrected chi connectivity index (χ2v) is 6.50. The van der Waals surface area contributed by atoms with Crippen LogP contribution in [0.5, 0.6) is 0 Å². The summed E-state index contributed by atoms with van der Waals surface area (Å²) >= 11 is 0. The highest BCUT2D eigenvalue weighted by atomic mass is 16.4. The number of oxazole rings is 1. The minimum absolute atomic E-state index is 0.584. The maximum Gasteiger partial charge on any atom is 0.208 e. The highest BCUT2D eigenvalue weighted by molar-refractivity contribution is 5.04. The summed E-state index contributed by atoms with van der Waals surface area (Å²) in [4.78, 5) is 9.28. The first-order valence-electron chi connectivity index (χ1n) is 8.47. The van der Waals surface area contributed by atoms with Gasteiger partial charge >= 0.3 is 0 Å². The molecule has 6 nitrogen and oxygen atoms in total. The maximum atomic E-state index is 5.72. The van der Waals surface area contributed by atoms with Gasteiger partial charge in [0.15, 0.2) is 0 Å². The van der Waals surface area contributed by atoms with E-state index in [1.807, 2.05) is 24.1 Å². The predicted octanol–water partition coefficient (Wildman–Crippen LogP) is 1.72. The molecular weight excluding hydrogens is 290 g/mol. The predicted molar refractivity (Wildman–Crippen MR) is 89.1 cm³/mol. The molecule has 1 aliphatic rings. The minimum atomic E-state index is 0.584. The Kier molecular flexibility index (Phi) is 5.13. The average molecular weight is 317 g/mol. The smallest absolute Gasteiger partial charge is 0.208 e. The van der Waals surface area contributed by atoms with Crippen molar-refractivity contribution in [1.29, 1.82) is 0 Å². The Morgan fingerprint density at radius 2 is 2.26 bits per heavy atom. The monoisotopic (exact) mass is 317 g/mol. The van der Waals surface area contributed by atoms with E-state index in [9.17, 15) is 0 Å². The standard InChI is InChI=1S/C17H27N5O/c1-4-16-10-18-17(23-16)13-20(2)15-6-8-22(12-15)7-5-14-9-19-21(3)11-14/h9-11,15H,4-8,12-13H2,1-3H3/t15-/m0/s1. The van der Waals surface area contributed by atoms with Crippen molar-refractivity contribution in [3.8, 4) is 0 Å². The third-order valence-electron chi connectivity index (χ3n) is 4.68. The van der Waals surface area contributed by atoms with Crippen LogP contribution in [0.15, 0.2) is 23.0 Å². The van der Waals surface area contributed by atoms with Gasteiger partial charge in [-0.2, -0.15) is 5.10 Å². The molecule has 1 atom stereocenters. The van der Waals surface area contributed by atoms with Gasteiger partial charge in [0.25, 0.3) is 0 Å². The van der Waals surface area contributed by atoms with Crippen LogP contribution in [0.3, 0.4) is 0 Å². The van der Waals surface area contributed by atoms with Gasteiger partial charge in [0.1, 0.15) is 5.76 Å². The Bertz CT molecular complexity index is 620. The number of aryl methyl sites for hydroxylation is 2. The molecule has 0 N–H and O–H groups in total. The molecule has 6 heteroatoms. The zero-order valence-electron chi connectivity index (χ0n) is 14.4. The highest BCUT2D eigenvalue weighted by Gasteiger charge is 2.26. The topological polar surface area (TPSA) is 50.3 Å². The van der Waals surface area contributed by atoms with Crippen LogP contribution in [-0.2, 0) is 26.4 Å². The third kappa shape index (κ3) is 4.20. The van der Waals surface area contributed by atoms with Crippen LogP contribution in [0, 0.1) is 0 Å². The molecule has 3 heterocycles. The van der Waals surface area contributed by atoms with E-state index in [-0.39, 0.29) is 0 Å². The summed E-state index contributed by atoms with van der Waals surface area (Å²) in [5.74, 6) is 1.80. The molecule has 1 saturated heterocycles. The second kappa shape index (κ2) is 7.27. The van der Waals surface area contributed by atoms with Crippen LogP contribution >= 0.6 is 0 Å². The lowest BCUT2D eigenvalue weighted by atomic mass is 10.2. The highest BCUT2D eigenvalue weighted by Crippen LogP contribution is 2.17. The SMILES string of the molecule is CCc1cnc(CN(C)[C@H]2CCN(CCc3cnn(C)c3)C2)o1. The molecule has 0 radical (unpaired) electrons. The normalized spacial score (nSPS) is 19.0. The zero-order chi connectivity index (χ0) is 16.2. The molecule has 0 bridgehead atoms. The van der Waals surface area contributed by atoms with E-state index in [1.54, 1.807) is 0 Å². The van der Waals surface area contributed by atoms with Crippen molar-refractivity contribution in [2.45, 2.75) is 38.8 Å². The fourth-order valence-electron chi connectivity index (χ4n) is 3.19. The van der Waals surface area contributed by atoms with Gasteiger partial charge in [-0.1, -0.05) is 6.92 Å². The average Bonchev–Trinajstić information content (AvgIpc) is 3.25. The molecule has 2 aromatic rings. The molecule has 0 aromatic carbocycles. The van der Waals surface area contributed by atoms with Crippen LogP contribution in [0.25, 0.3) is 0 Å². The van der Waals surface area contributed by atoms with Gasteiger partial charge in [0, 0.05) is 38.8 Å². The van der Waals surface area contributed by atoms with E-state index in [0.717, 1.165) is 44.1 Å². The van der Waals surface area contributed by atoms with Crippen molar-refractivity contribution in [2.75, 3.05) is 26.7 Å². The largest absolute Gasteiger partial charge is 0.444 e. The first-order valence-corrected chi connectivity index (χ1v) is 8.47. The zero-order valence-corrected chi connectivity index (χ0v) is 14.4. The summed E-state index contributed by atoms with van der Waals surface area (Å²) in [6.45, 7) is 6.28. The molecule has 23 heavy (non-hydrogen) atoms. The quantitative estimate of drug-likeness (QED) is 0.778. The summed E-state index contributed by atoms with van der Waals surface area (Å²) in [5, 5.41) is 4.23. The van der Waals surface area contributed by atoms with Crippen molar-refractivity contribution in [2.24, 2.45) is 7.05 Å². The van der Waals surface area contributed by atoms with Crippen molar-refractivity contribution < 1.29 is 4.42 Å². The summed E-state index contributed by atoms with van der Waals surface area (Å²) in [6.07, 6.45) is 9.11. The van der Waals surface area contributed by atoms with Crippen LogP contribution in [-0.4, -0.2) is 57.3 Å². The fourth-order valence-corrected chi connectivity index (χ4v) is 3.19. The molecular formula is C17H27N5O. The van der Waals surface area contributed by atoms with Gasteiger partial charge in [0.05, 0.1) is 18.9 Å². The molecule has 0 unspecified atom stereocenters. The van der Waals surface area contributed by atoms with Gasteiger partial charge in [-0.15, -0.1) is 0 Å². The van der Waals surface area contributed by atoms with E-state index in [0.29, 0.717) is 6.04 Å². The minimum Gasteiger partial charge on any atom is -0.444 e. The molecule has 0 amide bonds. The van der Waals surface area contributed by atoms with Gasteiger partial charge in [-0.25, -0.2) is 4.98 Å². The molecule has 3 rings (SSSR count). The Hall–Kier alpha value is -1.66. The van der Waals surface area contributed by atoms with Gasteiger partial charge in [-0.3, -0.25) is 9.58 Å². The molecule has 2 aromatic heterocycles. The third-order valence-corrected chi connectivity index (χ3v) is 4.68. The molecule has 0 spiro atoms. The van der Waals surface area contributed by atoms with E-state index in [2.05, 4.69) is 40.1 Å². The van der Waals surface area contributed by atoms with Crippen molar-refractivity contribution in [3.05, 3.63) is 35.8 Å². The van der Waals surface area contributed by atoms with Gasteiger partial charge in [-0.05, 0) is 32.0 Å². The number of nitrogens with zero attached hydrogens (tertiary/aromatic N) is 5. The summed E-state index contributed by atoms with van der Waals surface area (Å²) in [5.41, 5.74) is 1.32.